The molecule has 1 aromatic carbocycles. The molecular weight excluding hydrogens is 220 g/mol. The molecule has 1 unspecified atom stereocenters. The van der Waals surface area contributed by atoms with E-state index in [0.717, 1.165) is 5.75 Å². The van der Waals surface area contributed by atoms with Gasteiger partial charge in [0.2, 0.25) is 0 Å². The van der Waals surface area contributed by atoms with Crippen molar-refractivity contribution in [3.05, 3.63) is 24.3 Å². The fraction of sp³-hybridized carbons (Fsp3) is 0.333. The first-order chi connectivity index (χ1) is 6.75. The van der Waals surface area contributed by atoms with Crippen LogP contribution >= 0.6 is 11.8 Å². The van der Waals surface area contributed by atoms with Crippen LogP contribution in [0.15, 0.2) is 29.2 Å². The van der Waals surface area contributed by atoms with Gasteiger partial charge in [-0.3, -0.25) is 0 Å². The maximum absolute atomic E-state index is 10.6. The van der Waals surface area contributed by atoms with Crippen molar-refractivity contribution >= 4 is 22.5 Å². The van der Waals surface area contributed by atoms with Crippen LogP contribution in [0.4, 0.5) is 0 Å². The standard InChI is InChI=1S/C9H10O3S2/c10-14(11)9-3-1-7(2-4-9)12-5-8-6-13-8/h1-4,8,14H,5-6H2. The van der Waals surface area contributed by atoms with Crippen LogP contribution in [0.25, 0.3) is 0 Å². The maximum Gasteiger partial charge on any atom is 0.168 e. The van der Waals surface area contributed by atoms with Gasteiger partial charge in [-0.05, 0) is 24.3 Å². The summed E-state index contributed by atoms with van der Waals surface area (Å²) in [6.45, 7) is 0.716. The molecule has 0 amide bonds. The largest absolute Gasteiger partial charge is 0.492 e. The van der Waals surface area contributed by atoms with Crippen molar-refractivity contribution in [2.24, 2.45) is 0 Å². The molecule has 0 bridgehead atoms. The Bertz CT molecular complexity index is 372. The maximum atomic E-state index is 10.6. The molecule has 1 aromatic rings. The van der Waals surface area contributed by atoms with Crippen molar-refractivity contribution in [2.45, 2.75) is 10.1 Å². The minimum absolute atomic E-state index is 0.327. The average molecular weight is 230 g/mol. The lowest BCUT2D eigenvalue weighted by atomic mass is 10.3. The van der Waals surface area contributed by atoms with E-state index >= 15 is 0 Å². The summed E-state index contributed by atoms with van der Waals surface area (Å²) in [5.41, 5.74) is 0. The summed E-state index contributed by atoms with van der Waals surface area (Å²) >= 11 is 1.87. The fourth-order valence-electron chi connectivity index (χ4n) is 1.02. The highest BCUT2D eigenvalue weighted by Gasteiger charge is 2.22. The van der Waals surface area contributed by atoms with Crippen molar-refractivity contribution in [1.82, 2.24) is 0 Å². The summed E-state index contributed by atoms with van der Waals surface area (Å²) in [6.07, 6.45) is 0. The molecular formula is C9H10O3S2. The summed E-state index contributed by atoms with van der Waals surface area (Å²) in [6, 6.07) is 6.49. The average Bonchev–Trinajstić information content (AvgIpc) is 2.99. The van der Waals surface area contributed by atoms with E-state index in [-0.39, 0.29) is 0 Å². The van der Waals surface area contributed by atoms with Crippen molar-refractivity contribution in [2.75, 3.05) is 12.4 Å². The van der Waals surface area contributed by atoms with Crippen LogP contribution in [-0.2, 0) is 10.7 Å². The van der Waals surface area contributed by atoms with E-state index in [1.54, 1.807) is 24.3 Å². The normalized spacial score (nSPS) is 19.6. The lowest BCUT2D eigenvalue weighted by Crippen LogP contribution is -2.02. The van der Waals surface area contributed by atoms with Crippen molar-refractivity contribution < 1.29 is 13.2 Å². The monoisotopic (exact) mass is 230 g/mol. The molecule has 0 aliphatic carbocycles. The van der Waals surface area contributed by atoms with E-state index in [4.69, 9.17) is 4.74 Å². The highest BCUT2D eigenvalue weighted by atomic mass is 32.2. The molecule has 0 spiro atoms. The Morgan fingerprint density at radius 3 is 2.50 bits per heavy atom. The third kappa shape index (κ3) is 2.65. The van der Waals surface area contributed by atoms with Crippen LogP contribution in [0.1, 0.15) is 0 Å². The number of ether oxygens (including phenoxy) is 1. The SMILES string of the molecule is O=[SH](=O)c1ccc(OCC2CS2)cc1. The van der Waals surface area contributed by atoms with Crippen LogP contribution in [-0.4, -0.2) is 26.0 Å². The number of benzene rings is 1. The molecule has 1 fully saturated rings. The molecule has 1 heterocycles. The van der Waals surface area contributed by atoms with Crippen LogP contribution in [0.5, 0.6) is 5.75 Å². The second-order valence-electron chi connectivity index (χ2n) is 3.02. The van der Waals surface area contributed by atoms with Gasteiger partial charge in [0.05, 0.1) is 4.90 Å². The van der Waals surface area contributed by atoms with Gasteiger partial charge in [0, 0.05) is 11.0 Å². The molecule has 0 N–H and O–H groups in total. The molecule has 14 heavy (non-hydrogen) atoms. The van der Waals surface area contributed by atoms with Crippen LogP contribution < -0.4 is 4.74 Å². The zero-order valence-corrected chi connectivity index (χ0v) is 9.09. The Balaban J connectivity index is 1.97. The van der Waals surface area contributed by atoms with Crippen molar-refractivity contribution in [1.29, 1.82) is 0 Å². The van der Waals surface area contributed by atoms with E-state index in [0.29, 0.717) is 16.8 Å². The summed E-state index contributed by atoms with van der Waals surface area (Å²) in [4.78, 5) is 0.327. The number of hydrogen-bond donors (Lipinski definition) is 1. The van der Waals surface area contributed by atoms with E-state index < -0.39 is 10.7 Å². The highest BCUT2D eigenvalue weighted by molar-refractivity contribution is 8.06. The van der Waals surface area contributed by atoms with Crippen LogP contribution in [0.2, 0.25) is 0 Å². The molecule has 2 rings (SSSR count). The third-order valence-corrected chi connectivity index (χ3v) is 3.55. The Kier molecular flexibility index (Phi) is 2.98. The molecule has 0 radical (unpaired) electrons. The van der Waals surface area contributed by atoms with Crippen LogP contribution in [0.3, 0.4) is 0 Å². The molecule has 5 heteroatoms. The van der Waals surface area contributed by atoms with Gasteiger partial charge in [-0.15, -0.1) is 0 Å². The van der Waals surface area contributed by atoms with E-state index in [1.165, 1.54) is 5.75 Å². The van der Waals surface area contributed by atoms with E-state index in [2.05, 4.69) is 0 Å². The molecule has 0 aromatic heterocycles. The molecule has 3 nitrogen and oxygen atoms in total. The summed E-state index contributed by atoms with van der Waals surface area (Å²) in [5.74, 6) is 1.91. The summed E-state index contributed by atoms with van der Waals surface area (Å²) in [7, 11) is -2.48. The van der Waals surface area contributed by atoms with Gasteiger partial charge < -0.3 is 4.74 Å². The molecule has 1 atom stereocenters. The zero-order valence-electron chi connectivity index (χ0n) is 7.38. The first kappa shape index (κ1) is 9.86. The van der Waals surface area contributed by atoms with Gasteiger partial charge in [-0.2, -0.15) is 11.8 Å². The van der Waals surface area contributed by atoms with E-state index in [9.17, 15) is 8.42 Å². The topological polar surface area (TPSA) is 43.4 Å². The molecule has 1 aliphatic heterocycles. The molecule has 76 valence electrons. The summed E-state index contributed by atoms with van der Waals surface area (Å²) in [5, 5.41) is 0.630. The van der Waals surface area contributed by atoms with Crippen molar-refractivity contribution in [3.63, 3.8) is 0 Å². The van der Waals surface area contributed by atoms with Gasteiger partial charge in [0.15, 0.2) is 10.7 Å². The predicted octanol–water partition coefficient (Wildman–Crippen LogP) is 1.15. The van der Waals surface area contributed by atoms with Crippen molar-refractivity contribution in [3.8, 4) is 5.75 Å². The number of hydrogen-bond acceptors (Lipinski definition) is 4. The number of rotatable bonds is 4. The smallest absolute Gasteiger partial charge is 0.168 e. The van der Waals surface area contributed by atoms with Gasteiger partial charge in [0.1, 0.15) is 12.4 Å². The molecule has 1 aliphatic rings. The minimum atomic E-state index is -2.48. The molecule has 1 saturated heterocycles. The molecule has 0 saturated carbocycles. The Hall–Kier alpha value is -0.680. The quantitative estimate of drug-likeness (QED) is 0.622. The first-order valence-corrected chi connectivity index (χ1v) is 6.47. The zero-order chi connectivity index (χ0) is 9.97. The number of thiol groups is 1. The van der Waals surface area contributed by atoms with Gasteiger partial charge >= 0.3 is 0 Å². The van der Waals surface area contributed by atoms with Crippen LogP contribution in [0, 0.1) is 0 Å². The third-order valence-electron chi connectivity index (χ3n) is 1.89. The second kappa shape index (κ2) is 4.23. The lowest BCUT2D eigenvalue weighted by Gasteiger charge is -2.03. The second-order valence-corrected chi connectivity index (χ2v) is 5.38. The van der Waals surface area contributed by atoms with Gasteiger partial charge in [-0.25, -0.2) is 8.42 Å². The number of thioether (sulfide) groups is 1. The van der Waals surface area contributed by atoms with Gasteiger partial charge in [0.25, 0.3) is 0 Å². The predicted molar refractivity (Wildman–Crippen MR) is 56.8 cm³/mol. The minimum Gasteiger partial charge on any atom is -0.492 e. The Labute approximate surface area is 88.4 Å². The Morgan fingerprint density at radius 2 is 2.00 bits per heavy atom. The lowest BCUT2D eigenvalue weighted by molar-refractivity contribution is 0.329. The first-order valence-electron chi connectivity index (χ1n) is 4.24. The highest BCUT2D eigenvalue weighted by Crippen LogP contribution is 2.30. The van der Waals surface area contributed by atoms with E-state index in [1.807, 2.05) is 11.8 Å². The Morgan fingerprint density at radius 1 is 1.36 bits per heavy atom. The fourth-order valence-corrected chi connectivity index (χ4v) is 1.81. The summed E-state index contributed by atoms with van der Waals surface area (Å²) < 4.78 is 26.6. The van der Waals surface area contributed by atoms with Gasteiger partial charge in [-0.1, -0.05) is 0 Å².